The Labute approximate surface area is 159 Å². The van der Waals surface area contributed by atoms with Crippen LogP contribution in [0, 0.1) is 19.8 Å². The maximum Gasteiger partial charge on any atom is 0.354 e. The van der Waals surface area contributed by atoms with Gasteiger partial charge in [0.25, 0.3) is 0 Å². The molecule has 1 aromatic heterocycles. The van der Waals surface area contributed by atoms with Crippen molar-refractivity contribution in [1.29, 1.82) is 0 Å². The molecule has 0 bridgehead atoms. The monoisotopic (exact) mass is 376 g/mol. The van der Waals surface area contributed by atoms with Gasteiger partial charge in [0, 0.05) is 30.3 Å². The number of H-pyrrole nitrogens is 1. The van der Waals surface area contributed by atoms with Crippen LogP contribution in [0.5, 0.6) is 0 Å². The van der Waals surface area contributed by atoms with Crippen LogP contribution in [0.15, 0.2) is 0 Å². The molecule has 0 unspecified atom stereocenters. The van der Waals surface area contributed by atoms with E-state index in [1.165, 1.54) is 7.11 Å². The van der Waals surface area contributed by atoms with E-state index >= 15 is 0 Å². The molecule has 0 spiro atoms. The van der Waals surface area contributed by atoms with Crippen LogP contribution in [-0.4, -0.2) is 60.0 Å². The van der Waals surface area contributed by atoms with Crippen molar-refractivity contribution in [2.75, 3.05) is 20.3 Å². The average molecular weight is 376 g/mol. The van der Waals surface area contributed by atoms with Crippen molar-refractivity contribution in [3.63, 3.8) is 0 Å². The molecule has 3 rings (SSSR count). The van der Waals surface area contributed by atoms with E-state index in [-0.39, 0.29) is 29.4 Å². The van der Waals surface area contributed by atoms with Crippen LogP contribution in [0.1, 0.15) is 64.7 Å². The van der Waals surface area contributed by atoms with Gasteiger partial charge in [-0.25, -0.2) is 4.79 Å². The first-order chi connectivity index (χ1) is 12.8. The van der Waals surface area contributed by atoms with Crippen molar-refractivity contribution in [2.24, 2.45) is 5.92 Å². The van der Waals surface area contributed by atoms with Gasteiger partial charge in [-0.2, -0.15) is 0 Å². The summed E-state index contributed by atoms with van der Waals surface area (Å²) in [6, 6.07) is -0.610. The molecule has 1 aromatic rings. The number of ether oxygens (including phenoxy) is 2. The van der Waals surface area contributed by atoms with E-state index in [2.05, 4.69) is 4.98 Å². The fourth-order valence-corrected chi connectivity index (χ4v) is 3.79. The third-order valence-electron chi connectivity index (χ3n) is 5.55. The minimum Gasteiger partial charge on any atom is -0.464 e. The van der Waals surface area contributed by atoms with E-state index in [1.807, 2.05) is 0 Å². The van der Waals surface area contributed by atoms with Crippen molar-refractivity contribution in [2.45, 2.75) is 58.6 Å². The molecule has 1 aliphatic carbocycles. The van der Waals surface area contributed by atoms with Crippen LogP contribution >= 0.6 is 0 Å². The number of nitrogens with zero attached hydrogens (tertiary/aromatic N) is 1. The van der Waals surface area contributed by atoms with E-state index < -0.39 is 12.0 Å². The van der Waals surface area contributed by atoms with Crippen molar-refractivity contribution in [3.05, 3.63) is 22.5 Å². The number of hydrogen-bond acceptors (Lipinski definition) is 5. The van der Waals surface area contributed by atoms with E-state index in [0.717, 1.165) is 25.7 Å². The van der Waals surface area contributed by atoms with Gasteiger partial charge in [-0.3, -0.25) is 9.59 Å². The highest BCUT2D eigenvalue weighted by molar-refractivity contribution is 6.06. The summed E-state index contributed by atoms with van der Waals surface area (Å²) in [7, 11) is 1.31. The van der Waals surface area contributed by atoms with Gasteiger partial charge >= 0.3 is 5.97 Å². The molecule has 2 aliphatic rings. The number of aromatic nitrogens is 1. The minimum absolute atomic E-state index is 0.0120. The number of aryl methyl sites for hydroxylation is 1. The Morgan fingerprint density at radius 1 is 1.26 bits per heavy atom. The molecule has 2 fully saturated rings. The summed E-state index contributed by atoms with van der Waals surface area (Å²) >= 11 is 0. The van der Waals surface area contributed by atoms with Gasteiger partial charge in [-0.1, -0.05) is 0 Å². The van der Waals surface area contributed by atoms with Crippen molar-refractivity contribution < 1.29 is 23.9 Å². The number of Topliss-reactive ketones (excluding diaryl/α,β-unsaturated/α-hetero) is 1. The maximum atomic E-state index is 13.3. The summed E-state index contributed by atoms with van der Waals surface area (Å²) in [5.74, 6) is -0.609. The first kappa shape index (κ1) is 19.6. The van der Waals surface area contributed by atoms with Crippen LogP contribution in [-0.2, 0) is 14.3 Å². The van der Waals surface area contributed by atoms with E-state index in [4.69, 9.17) is 9.47 Å². The average Bonchev–Trinajstić information content (AvgIpc) is 3.30. The summed E-state index contributed by atoms with van der Waals surface area (Å²) in [6.07, 6.45) is 3.65. The Kier molecular flexibility index (Phi) is 5.69. The molecule has 7 nitrogen and oxygen atoms in total. The molecular formula is C20H28N2O5. The second-order valence-corrected chi connectivity index (χ2v) is 7.56. The van der Waals surface area contributed by atoms with Crippen LogP contribution in [0.2, 0.25) is 0 Å². The fraction of sp³-hybridized carbons (Fsp3) is 0.650. The second kappa shape index (κ2) is 7.84. The fourth-order valence-electron chi connectivity index (χ4n) is 3.79. The predicted octanol–water partition coefficient (Wildman–Crippen LogP) is 2.41. The number of amides is 1. The lowest BCUT2D eigenvalue weighted by Gasteiger charge is -2.31. The van der Waals surface area contributed by atoms with Gasteiger partial charge in [0.05, 0.1) is 19.3 Å². The van der Waals surface area contributed by atoms with Crippen molar-refractivity contribution >= 4 is 17.7 Å². The zero-order valence-electron chi connectivity index (χ0n) is 16.5. The molecule has 1 N–H and O–H groups in total. The maximum absolute atomic E-state index is 13.3. The molecule has 1 amide bonds. The Morgan fingerprint density at radius 3 is 2.52 bits per heavy atom. The molecule has 0 aromatic carbocycles. The molecule has 0 radical (unpaired) electrons. The molecule has 148 valence electrons. The first-order valence-electron chi connectivity index (χ1n) is 9.58. The van der Waals surface area contributed by atoms with Gasteiger partial charge < -0.3 is 19.4 Å². The lowest BCUT2D eigenvalue weighted by molar-refractivity contribution is -0.135. The van der Waals surface area contributed by atoms with Crippen LogP contribution < -0.4 is 0 Å². The highest BCUT2D eigenvalue weighted by Gasteiger charge is 2.39. The predicted molar refractivity (Wildman–Crippen MR) is 98.8 cm³/mol. The molecule has 27 heavy (non-hydrogen) atoms. The lowest BCUT2D eigenvalue weighted by atomic mass is 9.99. The van der Waals surface area contributed by atoms with Crippen LogP contribution in [0.3, 0.4) is 0 Å². The minimum atomic E-state index is -0.610. The number of hydrogen-bond donors (Lipinski definition) is 1. The smallest absolute Gasteiger partial charge is 0.354 e. The topological polar surface area (TPSA) is 88.7 Å². The van der Waals surface area contributed by atoms with Gasteiger partial charge in [-0.05, 0) is 52.0 Å². The number of rotatable bonds is 7. The molecule has 1 saturated heterocycles. The number of ketones is 1. The molecule has 1 saturated carbocycles. The highest BCUT2D eigenvalue weighted by Crippen LogP contribution is 2.33. The van der Waals surface area contributed by atoms with Gasteiger partial charge in [-0.15, -0.1) is 0 Å². The molecular weight excluding hydrogens is 348 g/mol. The third kappa shape index (κ3) is 3.93. The second-order valence-electron chi connectivity index (χ2n) is 7.56. The molecule has 1 aliphatic heterocycles. The number of aromatic amines is 1. The lowest BCUT2D eigenvalue weighted by Crippen LogP contribution is -2.47. The SMILES string of the molecule is COC(=O)c1[nH]c(C)c(C(=O)[C@H](C)N(C[C@H]2CCCO2)C(=O)C2CC2)c1C. The standard InChI is InChI=1S/C20H28N2O5/c1-11-16(12(2)21-17(11)20(25)26-4)18(23)13(3)22(19(24)14-7-8-14)10-15-6-5-9-27-15/h13-15,21H,5-10H2,1-4H3/t13-,15+/m0/s1. The molecule has 2 heterocycles. The number of esters is 1. The van der Waals surface area contributed by atoms with Gasteiger partial charge in [0.1, 0.15) is 5.69 Å². The van der Waals surface area contributed by atoms with Crippen LogP contribution in [0.25, 0.3) is 0 Å². The summed E-state index contributed by atoms with van der Waals surface area (Å²) in [6.45, 7) is 6.39. The number of carbonyl (C=O) groups is 3. The largest absolute Gasteiger partial charge is 0.464 e. The Bertz CT molecular complexity index is 744. The summed E-state index contributed by atoms with van der Waals surface area (Å²) in [4.78, 5) is 42.7. The summed E-state index contributed by atoms with van der Waals surface area (Å²) in [5, 5.41) is 0. The Morgan fingerprint density at radius 2 is 1.96 bits per heavy atom. The zero-order valence-corrected chi connectivity index (χ0v) is 16.5. The van der Waals surface area contributed by atoms with Crippen molar-refractivity contribution in [3.8, 4) is 0 Å². The normalized spacial score (nSPS) is 20.4. The van der Waals surface area contributed by atoms with Crippen LogP contribution in [0.4, 0.5) is 0 Å². The highest BCUT2D eigenvalue weighted by atomic mass is 16.5. The Balaban J connectivity index is 1.85. The number of nitrogens with one attached hydrogen (secondary N) is 1. The van der Waals surface area contributed by atoms with E-state index in [0.29, 0.717) is 30.0 Å². The number of carbonyl (C=O) groups excluding carboxylic acids is 3. The zero-order chi connectivity index (χ0) is 19.7. The van der Waals surface area contributed by atoms with Gasteiger partial charge in [0.15, 0.2) is 5.78 Å². The summed E-state index contributed by atoms with van der Waals surface area (Å²) < 4.78 is 10.5. The molecule has 2 atom stereocenters. The number of methoxy groups -OCH3 is 1. The van der Waals surface area contributed by atoms with E-state index in [9.17, 15) is 14.4 Å². The third-order valence-corrected chi connectivity index (χ3v) is 5.55. The Hall–Kier alpha value is -2.15. The quantitative estimate of drug-likeness (QED) is 0.583. The first-order valence-corrected chi connectivity index (χ1v) is 9.58. The summed E-state index contributed by atoms with van der Waals surface area (Å²) in [5.41, 5.74) is 1.92. The van der Waals surface area contributed by atoms with E-state index in [1.54, 1.807) is 25.7 Å². The molecule has 7 heteroatoms. The van der Waals surface area contributed by atoms with Gasteiger partial charge in [0.2, 0.25) is 5.91 Å². The van der Waals surface area contributed by atoms with Crippen molar-refractivity contribution in [1.82, 2.24) is 9.88 Å².